The highest BCUT2D eigenvalue weighted by atomic mass is 35.5. The number of thioether (sulfide) groups is 1. The zero-order valence-corrected chi connectivity index (χ0v) is 20.8. The molecule has 178 valence electrons. The Morgan fingerprint density at radius 2 is 2.06 bits per heavy atom. The van der Waals surface area contributed by atoms with Crippen molar-refractivity contribution in [2.75, 3.05) is 17.7 Å². The minimum Gasteiger partial charge on any atom is -0.471 e. The number of carbonyl (C=O) groups is 1. The lowest BCUT2D eigenvalue weighted by molar-refractivity contribution is -0.000577. The van der Waals surface area contributed by atoms with E-state index in [1.165, 1.54) is 11.8 Å². The number of hydrogen-bond donors (Lipinski definition) is 0. The smallest absolute Gasteiger partial charge is 0.410 e. The van der Waals surface area contributed by atoms with E-state index in [1.54, 1.807) is 0 Å². The highest BCUT2D eigenvalue weighted by Crippen LogP contribution is 2.46. The third-order valence-electron chi connectivity index (χ3n) is 6.49. The molecule has 0 aromatic carbocycles. The summed E-state index contributed by atoms with van der Waals surface area (Å²) in [5, 5.41) is 0.599. The molecule has 5 heterocycles. The number of ether oxygens (including phenoxy) is 2. The van der Waals surface area contributed by atoms with Crippen LogP contribution in [0.25, 0.3) is 10.9 Å². The standard InChI is InChI=1S/C22H27ClFN5O3S/c1-6-12-16-11-8-7-10(29(11)21(30)32-22(2,3)4)9-28(16)18-13-15(25-20(27-18)33-5)14(24)17(23)26-19(13)31-12/h10-12,16H,6-9H2,1-5H3/t10-,11+,12+,16+/m1/s1. The number of pyridine rings is 1. The zero-order chi connectivity index (χ0) is 23.7. The predicted octanol–water partition coefficient (Wildman–Crippen LogP) is 4.67. The van der Waals surface area contributed by atoms with E-state index in [0.29, 0.717) is 29.3 Å². The first-order valence-electron chi connectivity index (χ1n) is 11.2. The van der Waals surface area contributed by atoms with Crippen molar-refractivity contribution in [2.45, 2.75) is 81.9 Å². The van der Waals surface area contributed by atoms with Crippen LogP contribution in [-0.4, -0.2) is 68.6 Å². The second-order valence-electron chi connectivity index (χ2n) is 9.67. The maximum atomic E-state index is 15.0. The number of halogens is 2. The molecule has 3 aliphatic rings. The highest BCUT2D eigenvalue weighted by molar-refractivity contribution is 7.98. The summed E-state index contributed by atoms with van der Waals surface area (Å²) < 4.78 is 27.1. The average molecular weight is 496 g/mol. The van der Waals surface area contributed by atoms with Gasteiger partial charge < -0.3 is 14.4 Å². The summed E-state index contributed by atoms with van der Waals surface area (Å²) >= 11 is 7.45. The minimum atomic E-state index is -0.681. The lowest BCUT2D eigenvalue weighted by Crippen LogP contribution is -2.65. The van der Waals surface area contributed by atoms with Crippen LogP contribution in [0.15, 0.2) is 5.16 Å². The largest absolute Gasteiger partial charge is 0.471 e. The number of nitrogens with zero attached hydrogens (tertiary/aromatic N) is 5. The number of anilines is 1. The van der Waals surface area contributed by atoms with Crippen LogP contribution in [0, 0.1) is 5.82 Å². The van der Waals surface area contributed by atoms with Gasteiger partial charge in [0.15, 0.2) is 16.1 Å². The van der Waals surface area contributed by atoms with Crippen LogP contribution < -0.4 is 9.64 Å². The Hall–Kier alpha value is -2.07. The first kappa shape index (κ1) is 22.7. The van der Waals surface area contributed by atoms with Crippen LogP contribution in [0.5, 0.6) is 5.88 Å². The molecule has 1 amide bonds. The molecule has 11 heteroatoms. The molecule has 0 saturated carbocycles. The van der Waals surface area contributed by atoms with Gasteiger partial charge in [-0.15, -0.1) is 0 Å². The molecule has 33 heavy (non-hydrogen) atoms. The normalized spacial score (nSPS) is 26.2. The Bertz CT molecular complexity index is 1130. The molecule has 4 atom stereocenters. The number of rotatable bonds is 2. The monoisotopic (exact) mass is 495 g/mol. The van der Waals surface area contributed by atoms with Gasteiger partial charge in [0.2, 0.25) is 5.88 Å². The summed E-state index contributed by atoms with van der Waals surface area (Å²) in [7, 11) is 0. The summed E-state index contributed by atoms with van der Waals surface area (Å²) in [6, 6.07) is -0.348. The molecule has 0 unspecified atom stereocenters. The molecule has 8 nitrogen and oxygen atoms in total. The third-order valence-corrected chi connectivity index (χ3v) is 7.28. The van der Waals surface area contributed by atoms with Crippen molar-refractivity contribution < 1.29 is 18.7 Å². The lowest BCUT2D eigenvalue weighted by Gasteiger charge is -2.48. The van der Waals surface area contributed by atoms with Crippen LogP contribution in [0.1, 0.15) is 47.0 Å². The first-order valence-corrected chi connectivity index (χ1v) is 12.8. The van der Waals surface area contributed by atoms with Crippen molar-refractivity contribution in [3.05, 3.63) is 11.0 Å². The lowest BCUT2D eigenvalue weighted by atomic mass is 9.95. The van der Waals surface area contributed by atoms with Gasteiger partial charge in [-0.3, -0.25) is 4.90 Å². The minimum absolute atomic E-state index is 0.0343. The van der Waals surface area contributed by atoms with Crippen LogP contribution in [0.3, 0.4) is 0 Å². The van der Waals surface area contributed by atoms with Gasteiger partial charge >= 0.3 is 6.09 Å². The molecule has 0 spiro atoms. The van der Waals surface area contributed by atoms with Gasteiger partial charge in [-0.25, -0.2) is 19.2 Å². The Balaban J connectivity index is 1.66. The molecular formula is C22H27ClFN5O3S. The van der Waals surface area contributed by atoms with Crippen molar-refractivity contribution in [1.82, 2.24) is 19.9 Å². The molecule has 2 bridgehead atoms. The van der Waals surface area contributed by atoms with E-state index in [2.05, 4.69) is 14.9 Å². The van der Waals surface area contributed by atoms with Crippen molar-refractivity contribution >= 4 is 46.2 Å². The maximum Gasteiger partial charge on any atom is 0.410 e. The van der Waals surface area contributed by atoms with Gasteiger partial charge in [-0.1, -0.05) is 30.3 Å². The predicted molar refractivity (Wildman–Crippen MR) is 125 cm³/mol. The Morgan fingerprint density at radius 3 is 2.73 bits per heavy atom. The van der Waals surface area contributed by atoms with E-state index in [-0.39, 0.29) is 46.9 Å². The van der Waals surface area contributed by atoms with Crippen LogP contribution >= 0.6 is 23.4 Å². The number of aromatic nitrogens is 3. The van der Waals surface area contributed by atoms with E-state index in [1.807, 2.05) is 38.9 Å². The van der Waals surface area contributed by atoms with E-state index >= 15 is 4.39 Å². The van der Waals surface area contributed by atoms with Crippen LogP contribution in [0.4, 0.5) is 15.0 Å². The van der Waals surface area contributed by atoms with Gasteiger partial charge in [-0.2, -0.15) is 4.98 Å². The Kier molecular flexibility index (Phi) is 5.51. The maximum absolute atomic E-state index is 15.0. The fourth-order valence-corrected chi connectivity index (χ4v) is 5.78. The fraction of sp³-hybridized carbons (Fsp3) is 0.636. The van der Waals surface area contributed by atoms with E-state index in [4.69, 9.17) is 26.1 Å². The summed E-state index contributed by atoms with van der Waals surface area (Å²) in [4.78, 5) is 30.6. The Morgan fingerprint density at radius 1 is 1.30 bits per heavy atom. The molecule has 2 aromatic rings. The second-order valence-corrected chi connectivity index (χ2v) is 10.8. The SMILES string of the molecule is CC[C@@H]1Oc2nc(Cl)c(F)c3nc(SC)nc(c23)N2C[C@H]3CC[C@@H]([C@@H]12)N3C(=O)OC(C)(C)C. The molecule has 2 fully saturated rings. The second kappa shape index (κ2) is 8.01. The zero-order valence-electron chi connectivity index (χ0n) is 19.3. The van der Waals surface area contributed by atoms with E-state index in [9.17, 15) is 4.79 Å². The number of fused-ring (bicyclic) bond motifs is 5. The average Bonchev–Trinajstić information content (AvgIpc) is 3.00. The van der Waals surface area contributed by atoms with Crippen molar-refractivity contribution in [2.24, 2.45) is 0 Å². The molecule has 0 aliphatic carbocycles. The van der Waals surface area contributed by atoms with Crippen LogP contribution in [0.2, 0.25) is 5.15 Å². The topological polar surface area (TPSA) is 80.7 Å². The van der Waals surface area contributed by atoms with Gasteiger partial charge in [-0.05, 0) is 46.3 Å². The van der Waals surface area contributed by atoms with E-state index in [0.717, 1.165) is 12.8 Å². The van der Waals surface area contributed by atoms with E-state index < -0.39 is 11.4 Å². The Labute approximate surface area is 201 Å². The number of amides is 1. The van der Waals surface area contributed by atoms with Gasteiger partial charge in [0.25, 0.3) is 0 Å². The number of piperazine rings is 1. The highest BCUT2D eigenvalue weighted by Gasteiger charge is 2.54. The molecule has 2 saturated heterocycles. The molecule has 5 rings (SSSR count). The van der Waals surface area contributed by atoms with Crippen LogP contribution in [-0.2, 0) is 4.74 Å². The summed E-state index contributed by atoms with van der Waals surface area (Å²) in [5.41, 5.74) is -0.477. The fourth-order valence-electron chi connectivity index (χ4n) is 5.26. The number of hydrogen-bond acceptors (Lipinski definition) is 8. The van der Waals surface area contributed by atoms with Gasteiger partial charge in [0, 0.05) is 6.54 Å². The molecule has 0 N–H and O–H groups in total. The molecular weight excluding hydrogens is 469 g/mol. The molecule has 2 aromatic heterocycles. The third kappa shape index (κ3) is 3.65. The quantitative estimate of drug-likeness (QED) is 0.338. The summed E-state index contributed by atoms with van der Waals surface area (Å²) in [5.74, 6) is 0.143. The van der Waals surface area contributed by atoms with Gasteiger partial charge in [0.05, 0.1) is 18.1 Å². The van der Waals surface area contributed by atoms with Crippen molar-refractivity contribution in [3.63, 3.8) is 0 Å². The molecule has 3 aliphatic heterocycles. The van der Waals surface area contributed by atoms with Gasteiger partial charge in [0.1, 0.15) is 28.4 Å². The van der Waals surface area contributed by atoms with Crippen molar-refractivity contribution in [3.8, 4) is 5.88 Å². The van der Waals surface area contributed by atoms with Crippen molar-refractivity contribution in [1.29, 1.82) is 0 Å². The first-order chi connectivity index (χ1) is 15.6. The number of carbonyl (C=O) groups excluding carboxylic acids is 1. The molecule has 0 radical (unpaired) electrons. The summed E-state index contributed by atoms with van der Waals surface area (Å²) in [6.07, 6.45) is 3.59. The summed E-state index contributed by atoms with van der Waals surface area (Å²) in [6.45, 7) is 8.18.